The Morgan fingerprint density at radius 3 is 2.26 bits per heavy atom. The molecule has 1 aliphatic rings. The molecule has 0 aliphatic carbocycles. The highest BCUT2D eigenvalue weighted by Crippen LogP contribution is 2.29. The number of nitrogens with zero attached hydrogens (tertiary/aromatic N) is 1. The van der Waals surface area contributed by atoms with Gasteiger partial charge in [-0.3, -0.25) is 4.79 Å². The van der Waals surface area contributed by atoms with Crippen LogP contribution in [-0.2, 0) is 4.74 Å². The fourth-order valence-corrected chi connectivity index (χ4v) is 3.94. The van der Waals surface area contributed by atoms with Gasteiger partial charge in [-0.1, -0.05) is 41.9 Å². The predicted molar refractivity (Wildman–Crippen MR) is 123 cm³/mol. The molecule has 166 valence electrons. The lowest BCUT2D eigenvalue weighted by Crippen LogP contribution is -2.42. The quantitative estimate of drug-likeness (QED) is 0.631. The maximum atomic E-state index is 12.8. The predicted octanol–water partition coefficient (Wildman–Crippen LogP) is 5.85. The standard InChI is InChI=1S/C25H31ClN2O3/c1-25(2,3)31-24(30)28-15-13-18(14-16-28)17-22(19-7-5-4-6-8-19)27-23(29)20-9-11-21(26)12-10-20/h4-12,18,22H,13-17H2,1-3H3,(H,27,29)/t22-/m0/s1. The van der Waals surface area contributed by atoms with Crippen molar-refractivity contribution in [1.82, 2.24) is 10.2 Å². The first kappa shape index (κ1) is 23.1. The minimum atomic E-state index is -0.488. The summed E-state index contributed by atoms with van der Waals surface area (Å²) in [5.41, 5.74) is 1.18. The number of carbonyl (C=O) groups is 2. The maximum absolute atomic E-state index is 12.8. The lowest BCUT2D eigenvalue weighted by Gasteiger charge is -2.35. The molecule has 1 fully saturated rings. The molecule has 1 N–H and O–H groups in total. The second-order valence-electron chi connectivity index (χ2n) is 9.09. The number of hydrogen-bond donors (Lipinski definition) is 1. The minimum absolute atomic E-state index is 0.0949. The third-order valence-corrected chi connectivity index (χ3v) is 5.70. The van der Waals surface area contributed by atoms with Gasteiger partial charge in [-0.25, -0.2) is 4.79 Å². The Balaban J connectivity index is 1.63. The molecule has 1 saturated heterocycles. The molecule has 1 atom stereocenters. The number of benzene rings is 2. The van der Waals surface area contributed by atoms with E-state index in [2.05, 4.69) is 5.32 Å². The Hall–Kier alpha value is -2.53. The number of ether oxygens (including phenoxy) is 1. The second kappa shape index (κ2) is 10.2. The van der Waals surface area contributed by atoms with Gasteiger partial charge in [-0.15, -0.1) is 0 Å². The van der Waals surface area contributed by atoms with Crippen LogP contribution in [0.2, 0.25) is 5.02 Å². The summed E-state index contributed by atoms with van der Waals surface area (Å²) in [6.45, 7) is 6.99. The van der Waals surface area contributed by atoms with Crippen LogP contribution in [0, 0.1) is 5.92 Å². The smallest absolute Gasteiger partial charge is 0.410 e. The van der Waals surface area contributed by atoms with Gasteiger partial charge < -0.3 is 15.0 Å². The molecule has 3 rings (SSSR count). The van der Waals surface area contributed by atoms with Crippen LogP contribution in [0.25, 0.3) is 0 Å². The Morgan fingerprint density at radius 2 is 1.68 bits per heavy atom. The first-order valence-corrected chi connectivity index (χ1v) is 11.2. The molecular formula is C25H31ClN2O3. The monoisotopic (exact) mass is 442 g/mol. The molecule has 1 aliphatic heterocycles. The van der Waals surface area contributed by atoms with Gasteiger partial charge in [0.1, 0.15) is 5.60 Å². The highest BCUT2D eigenvalue weighted by Gasteiger charge is 2.29. The van der Waals surface area contributed by atoms with Crippen LogP contribution in [0.3, 0.4) is 0 Å². The van der Waals surface area contributed by atoms with Gasteiger partial charge in [0.25, 0.3) is 5.91 Å². The zero-order valence-corrected chi connectivity index (χ0v) is 19.2. The van der Waals surface area contributed by atoms with E-state index in [1.165, 1.54) is 0 Å². The van der Waals surface area contributed by atoms with Crippen LogP contribution < -0.4 is 5.32 Å². The topological polar surface area (TPSA) is 58.6 Å². The van der Waals surface area contributed by atoms with Gasteiger partial charge in [0.05, 0.1) is 6.04 Å². The molecule has 1 heterocycles. The molecule has 0 spiro atoms. The summed E-state index contributed by atoms with van der Waals surface area (Å²) in [7, 11) is 0. The number of nitrogens with one attached hydrogen (secondary N) is 1. The molecule has 2 amide bonds. The number of piperidine rings is 1. The minimum Gasteiger partial charge on any atom is -0.444 e. The Kier molecular flexibility index (Phi) is 7.60. The molecule has 0 aromatic heterocycles. The van der Waals surface area contributed by atoms with E-state index < -0.39 is 5.60 Å². The van der Waals surface area contributed by atoms with Crippen LogP contribution in [0.1, 0.15) is 62.0 Å². The van der Waals surface area contributed by atoms with Crippen molar-refractivity contribution in [2.24, 2.45) is 5.92 Å². The number of hydrogen-bond acceptors (Lipinski definition) is 3. The third kappa shape index (κ3) is 7.00. The van der Waals surface area contributed by atoms with Crippen molar-refractivity contribution in [3.05, 3.63) is 70.7 Å². The summed E-state index contributed by atoms with van der Waals surface area (Å²) < 4.78 is 5.49. The van der Waals surface area contributed by atoms with E-state index in [9.17, 15) is 9.59 Å². The molecule has 2 aromatic rings. The lowest BCUT2D eigenvalue weighted by atomic mass is 9.87. The molecule has 0 radical (unpaired) electrons. The largest absolute Gasteiger partial charge is 0.444 e. The van der Waals surface area contributed by atoms with Crippen LogP contribution >= 0.6 is 11.6 Å². The SMILES string of the molecule is CC(C)(C)OC(=O)N1CCC(C[C@H](NC(=O)c2ccc(Cl)cc2)c2ccccc2)CC1. The van der Waals surface area contributed by atoms with E-state index in [-0.39, 0.29) is 18.0 Å². The van der Waals surface area contributed by atoms with E-state index >= 15 is 0 Å². The second-order valence-corrected chi connectivity index (χ2v) is 9.53. The van der Waals surface area contributed by atoms with E-state index in [0.717, 1.165) is 24.8 Å². The highest BCUT2D eigenvalue weighted by atomic mass is 35.5. The van der Waals surface area contributed by atoms with Crippen molar-refractivity contribution in [1.29, 1.82) is 0 Å². The van der Waals surface area contributed by atoms with Crippen molar-refractivity contribution < 1.29 is 14.3 Å². The van der Waals surface area contributed by atoms with Crippen molar-refractivity contribution in [2.45, 2.75) is 51.7 Å². The number of carbonyl (C=O) groups excluding carboxylic acids is 2. The fourth-order valence-electron chi connectivity index (χ4n) is 3.82. The number of amides is 2. The Bertz CT molecular complexity index is 870. The van der Waals surface area contributed by atoms with Crippen LogP contribution in [0.4, 0.5) is 4.79 Å². The molecule has 2 aromatic carbocycles. The van der Waals surface area contributed by atoms with Gasteiger partial charge in [0.15, 0.2) is 0 Å². The van der Waals surface area contributed by atoms with Crippen molar-refractivity contribution in [3.8, 4) is 0 Å². The van der Waals surface area contributed by atoms with Crippen LogP contribution in [0.5, 0.6) is 0 Å². The number of likely N-dealkylation sites (tertiary alicyclic amines) is 1. The van der Waals surface area contributed by atoms with Crippen molar-refractivity contribution in [3.63, 3.8) is 0 Å². The lowest BCUT2D eigenvalue weighted by molar-refractivity contribution is 0.0178. The van der Waals surface area contributed by atoms with E-state index in [0.29, 0.717) is 29.6 Å². The average Bonchev–Trinajstić information content (AvgIpc) is 2.73. The van der Waals surface area contributed by atoms with Gasteiger partial charge in [0, 0.05) is 23.7 Å². The van der Waals surface area contributed by atoms with E-state index in [1.54, 1.807) is 29.2 Å². The molecule has 31 heavy (non-hydrogen) atoms. The number of rotatable bonds is 5. The summed E-state index contributed by atoms with van der Waals surface area (Å²) in [6, 6.07) is 16.9. The normalized spacial score (nSPS) is 15.9. The first-order valence-electron chi connectivity index (χ1n) is 10.8. The van der Waals surface area contributed by atoms with Gasteiger partial charge >= 0.3 is 6.09 Å². The average molecular weight is 443 g/mol. The summed E-state index contributed by atoms with van der Waals surface area (Å²) in [5.74, 6) is 0.297. The Labute approximate surface area is 189 Å². The summed E-state index contributed by atoms with van der Waals surface area (Å²) in [6.07, 6.45) is 2.35. The zero-order valence-electron chi connectivity index (χ0n) is 18.4. The fraction of sp³-hybridized carbons (Fsp3) is 0.440. The van der Waals surface area contributed by atoms with Gasteiger partial charge in [-0.2, -0.15) is 0 Å². The maximum Gasteiger partial charge on any atom is 0.410 e. The van der Waals surface area contributed by atoms with E-state index in [4.69, 9.17) is 16.3 Å². The highest BCUT2D eigenvalue weighted by molar-refractivity contribution is 6.30. The Morgan fingerprint density at radius 1 is 1.06 bits per heavy atom. The van der Waals surface area contributed by atoms with Gasteiger partial charge in [0.2, 0.25) is 0 Å². The van der Waals surface area contributed by atoms with Gasteiger partial charge in [-0.05, 0) is 75.8 Å². The molecule has 0 bridgehead atoms. The van der Waals surface area contributed by atoms with Crippen LogP contribution in [-0.4, -0.2) is 35.6 Å². The molecule has 0 saturated carbocycles. The molecule has 0 unspecified atom stereocenters. The molecular weight excluding hydrogens is 412 g/mol. The first-order chi connectivity index (χ1) is 14.7. The summed E-state index contributed by atoms with van der Waals surface area (Å²) in [5, 5.41) is 3.80. The number of halogens is 1. The third-order valence-electron chi connectivity index (χ3n) is 5.45. The zero-order chi connectivity index (χ0) is 22.4. The van der Waals surface area contributed by atoms with Crippen LogP contribution in [0.15, 0.2) is 54.6 Å². The molecule has 6 heteroatoms. The summed E-state index contributed by atoms with van der Waals surface area (Å²) in [4.78, 5) is 26.9. The van der Waals surface area contributed by atoms with E-state index in [1.807, 2.05) is 51.1 Å². The van der Waals surface area contributed by atoms with Crippen molar-refractivity contribution >= 4 is 23.6 Å². The summed E-state index contributed by atoms with van der Waals surface area (Å²) >= 11 is 5.95. The van der Waals surface area contributed by atoms with Crippen molar-refractivity contribution in [2.75, 3.05) is 13.1 Å². The molecule has 5 nitrogen and oxygen atoms in total.